The SMILES string of the molecule is CCc1cc2c(cc1C(=O)N(C(C)C)[C@@H]1CCCN(C(=O)OC(C)(C)C)C1)N(CCNC(C)=O)C(=O)[C@@H](C)O2. The minimum Gasteiger partial charge on any atom is -0.479 e. The number of ether oxygens (including phenoxy) is 2. The molecular weight excluding hydrogens is 500 g/mol. The Hall–Kier alpha value is -3.30. The molecule has 10 nitrogen and oxygen atoms in total. The molecule has 3 rings (SSSR count). The number of fused-ring (bicyclic) bond motifs is 1. The lowest BCUT2D eigenvalue weighted by molar-refractivity contribution is -0.125. The summed E-state index contributed by atoms with van der Waals surface area (Å²) in [6, 6.07) is 3.31. The van der Waals surface area contributed by atoms with Crippen LogP contribution in [-0.2, 0) is 20.7 Å². The highest BCUT2D eigenvalue weighted by atomic mass is 16.6. The lowest BCUT2D eigenvalue weighted by Gasteiger charge is -2.42. The lowest BCUT2D eigenvalue weighted by Crippen LogP contribution is -2.54. The maximum absolute atomic E-state index is 14.2. The first-order chi connectivity index (χ1) is 18.2. The van der Waals surface area contributed by atoms with Crippen LogP contribution in [-0.4, -0.2) is 83.6 Å². The van der Waals surface area contributed by atoms with Gasteiger partial charge in [-0.3, -0.25) is 14.4 Å². The molecule has 4 amide bonds. The Morgan fingerprint density at radius 3 is 2.51 bits per heavy atom. The Labute approximate surface area is 232 Å². The number of carbonyl (C=O) groups is 4. The predicted molar refractivity (Wildman–Crippen MR) is 149 cm³/mol. The minimum atomic E-state index is -0.672. The maximum Gasteiger partial charge on any atom is 0.410 e. The third-order valence-corrected chi connectivity index (χ3v) is 6.95. The zero-order valence-electron chi connectivity index (χ0n) is 24.6. The van der Waals surface area contributed by atoms with E-state index in [-0.39, 0.29) is 49.0 Å². The topological polar surface area (TPSA) is 108 Å². The van der Waals surface area contributed by atoms with Crippen molar-refractivity contribution in [1.82, 2.24) is 15.1 Å². The summed E-state index contributed by atoms with van der Waals surface area (Å²) in [4.78, 5) is 56.6. The van der Waals surface area contributed by atoms with E-state index in [0.717, 1.165) is 18.4 Å². The molecule has 2 aliphatic rings. The van der Waals surface area contributed by atoms with Crippen molar-refractivity contribution in [3.8, 4) is 5.75 Å². The molecule has 1 aromatic carbocycles. The molecule has 0 unspecified atom stereocenters. The molecule has 0 radical (unpaired) electrons. The predicted octanol–water partition coefficient (Wildman–Crippen LogP) is 3.75. The van der Waals surface area contributed by atoms with Crippen LogP contribution in [0.1, 0.15) is 84.2 Å². The summed E-state index contributed by atoms with van der Waals surface area (Å²) in [5, 5.41) is 2.73. The van der Waals surface area contributed by atoms with Gasteiger partial charge in [-0.2, -0.15) is 0 Å². The van der Waals surface area contributed by atoms with Crippen molar-refractivity contribution >= 4 is 29.5 Å². The zero-order chi connectivity index (χ0) is 29.1. The van der Waals surface area contributed by atoms with Gasteiger partial charge in [0.15, 0.2) is 6.10 Å². The summed E-state index contributed by atoms with van der Waals surface area (Å²) in [5.41, 5.74) is 1.26. The first-order valence-corrected chi connectivity index (χ1v) is 13.9. The van der Waals surface area contributed by atoms with Gasteiger partial charge in [-0.05, 0) is 78.5 Å². The van der Waals surface area contributed by atoms with Crippen molar-refractivity contribution in [2.24, 2.45) is 0 Å². The molecule has 10 heteroatoms. The fourth-order valence-electron chi connectivity index (χ4n) is 5.20. The van der Waals surface area contributed by atoms with Crippen LogP contribution < -0.4 is 15.0 Å². The lowest BCUT2D eigenvalue weighted by atomic mass is 9.97. The summed E-state index contributed by atoms with van der Waals surface area (Å²) < 4.78 is 11.5. The van der Waals surface area contributed by atoms with Gasteiger partial charge in [0.05, 0.1) is 11.7 Å². The van der Waals surface area contributed by atoms with E-state index in [0.29, 0.717) is 36.5 Å². The van der Waals surface area contributed by atoms with Gasteiger partial charge in [0.2, 0.25) is 5.91 Å². The number of amides is 4. The molecule has 0 saturated carbocycles. The average Bonchev–Trinajstić information content (AvgIpc) is 2.84. The van der Waals surface area contributed by atoms with E-state index in [1.807, 2.05) is 52.5 Å². The number of carbonyl (C=O) groups excluding carboxylic acids is 4. The minimum absolute atomic E-state index is 0.115. The average molecular weight is 545 g/mol. The van der Waals surface area contributed by atoms with E-state index in [2.05, 4.69) is 5.32 Å². The highest BCUT2D eigenvalue weighted by Gasteiger charge is 2.37. The number of rotatable bonds is 7. The number of likely N-dealkylation sites (tertiary alicyclic amines) is 1. The van der Waals surface area contributed by atoms with Crippen LogP contribution >= 0.6 is 0 Å². The summed E-state index contributed by atoms with van der Waals surface area (Å²) in [7, 11) is 0. The highest BCUT2D eigenvalue weighted by molar-refractivity contribution is 6.03. The Kier molecular flexibility index (Phi) is 9.51. The Morgan fingerprint density at radius 2 is 1.92 bits per heavy atom. The molecule has 1 fully saturated rings. The second-order valence-corrected chi connectivity index (χ2v) is 11.6. The van der Waals surface area contributed by atoms with Gasteiger partial charge in [0.25, 0.3) is 11.8 Å². The number of piperidine rings is 1. The molecule has 1 saturated heterocycles. The van der Waals surface area contributed by atoms with Crippen molar-refractivity contribution in [1.29, 1.82) is 0 Å². The number of aryl methyl sites for hydroxylation is 1. The van der Waals surface area contributed by atoms with Crippen LogP contribution in [0.15, 0.2) is 12.1 Å². The Balaban J connectivity index is 1.94. The number of anilines is 1. The van der Waals surface area contributed by atoms with Gasteiger partial charge in [-0.1, -0.05) is 6.92 Å². The molecule has 2 heterocycles. The van der Waals surface area contributed by atoms with Crippen LogP contribution in [0.4, 0.5) is 10.5 Å². The van der Waals surface area contributed by atoms with E-state index in [9.17, 15) is 19.2 Å². The van der Waals surface area contributed by atoms with Crippen molar-refractivity contribution in [2.45, 2.75) is 98.4 Å². The zero-order valence-corrected chi connectivity index (χ0v) is 24.6. The Bertz CT molecular complexity index is 1100. The summed E-state index contributed by atoms with van der Waals surface area (Å²) in [5.74, 6) is -0.00470. The third kappa shape index (κ3) is 7.22. The van der Waals surface area contributed by atoms with E-state index >= 15 is 0 Å². The largest absolute Gasteiger partial charge is 0.479 e. The first kappa shape index (κ1) is 30.2. The van der Waals surface area contributed by atoms with Crippen LogP contribution in [0.25, 0.3) is 0 Å². The highest BCUT2D eigenvalue weighted by Crippen LogP contribution is 2.38. The smallest absolute Gasteiger partial charge is 0.410 e. The number of hydrogen-bond donors (Lipinski definition) is 1. The fourth-order valence-corrected chi connectivity index (χ4v) is 5.20. The summed E-state index contributed by atoms with van der Waals surface area (Å²) in [6.45, 7) is 16.1. The molecule has 0 aromatic heterocycles. The normalized spacial score (nSPS) is 19.4. The molecule has 0 bridgehead atoms. The summed E-state index contributed by atoms with van der Waals surface area (Å²) in [6.07, 6.45) is 1.10. The van der Waals surface area contributed by atoms with Crippen molar-refractivity contribution in [2.75, 3.05) is 31.1 Å². The second-order valence-electron chi connectivity index (χ2n) is 11.6. The van der Waals surface area contributed by atoms with Gasteiger partial charge < -0.3 is 29.5 Å². The van der Waals surface area contributed by atoms with E-state index < -0.39 is 11.7 Å². The fraction of sp³-hybridized carbons (Fsp3) is 0.655. The van der Waals surface area contributed by atoms with E-state index in [1.165, 1.54) is 6.92 Å². The van der Waals surface area contributed by atoms with Crippen molar-refractivity contribution in [3.63, 3.8) is 0 Å². The van der Waals surface area contributed by atoms with Crippen LogP contribution in [0.5, 0.6) is 5.75 Å². The van der Waals surface area contributed by atoms with Crippen LogP contribution in [0.2, 0.25) is 0 Å². The van der Waals surface area contributed by atoms with E-state index in [4.69, 9.17) is 9.47 Å². The van der Waals surface area contributed by atoms with Crippen LogP contribution in [0.3, 0.4) is 0 Å². The molecule has 39 heavy (non-hydrogen) atoms. The summed E-state index contributed by atoms with van der Waals surface area (Å²) >= 11 is 0. The number of nitrogens with one attached hydrogen (secondary N) is 1. The van der Waals surface area contributed by atoms with Gasteiger partial charge in [-0.25, -0.2) is 4.79 Å². The molecule has 2 atom stereocenters. The second kappa shape index (κ2) is 12.3. The number of nitrogens with zero attached hydrogens (tertiary/aromatic N) is 3. The molecule has 2 aliphatic heterocycles. The third-order valence-electron chi connectivity index (χ3n) is 6.95. The number of hydrogen-bond acceptors (Lipinski definition) is 6. The van der Waals surface area contributed by atoms with Gasteiger partial charge in [-0.15, -0.1) is 0 Å². The standard InChI is InChI=1S/C29H44N4O6/c1-9-21-15-25-24(32(14-12-30-20(5)34)26(35)19(4)38-25)16-23(21)27(36)33(18(2)3)22-11-10-13-31(17-22)28(37)39-29(6,7)8/h15-16,18-19,22H,9-14,17H2,1-8H3,(H,30,34)/t19-,22-/m1/s1. The molecule has 1 aromatic rings. The monoisotopic (exact) mass is 544 g/mol. The van der Waals surface area contributed by atoms with E-state index in [1.54, 1.807) is 22.8 Å². The van der Waals surface area contributed by atoms with Gasteiger partial charge >= 0.3 is 6.09 Å². The van der Waals surface area contributed by atoms with Gasteiger partial charge in [0, 0.05) is 44.7 Å². The maximum atomic E-state index is 14.2. The van der Waals surface area contributed by atoms with Crippen molar-refractivity contribution < 1.29 is 28.7 Å². The van der Waals surface area contributed by atoms with Gasteiger partial charge in [0.1, 0.15) is 11.4 Å². The molecular formula is C29H44N4O6. The molecule has 216 valence electrons. The van der Waals surface area contributed by atoms with Crippen LogP contribution in [0, 0.1) is 0 Å². The molecule has 1 N–H and O–H groups in total. The van der Waals surface area contributed by atoms with Crippen molar-refractivity contribution in [3.05, 3.63) is 23.3 Å². The number of benzene rings is 1. The quantitative estimate of drug-likeness (QED) is 0.560. The molecule has 0 aliphatic carbocycles. The Morgan fingerprint density at radius 1 is 1.23 bits per heavy atom. The molecule has 0 spiro atoms. The first-order valence-electron chi connectivity index (χ1n) is 13.9.